The Balaban J connectivity index is 1.10. The third-order valence-corrected chi connectivity index (χ3v) is 6.15. The highest BCUT2D eigenvalue weighted by atomic mass is 16.3. The lowest BCUT2D eigenvalue weighted by Gasteiger charge is -2.01. The Morgan fingerprint density at radius 1 is 0.576 bits per heavy atom. The molecule has 2 aromatic carbocycles. The summed E-state index contributed by atoms with van der Waals surface area (Å²) in [6.07, 6.45) is 10.4. The zero-order valence-corrected chi connectivity index (χ0v) is 19.1. The maximum absolute atomic E-state index is 5.93. The van der Waals surface area contributed by atoms with E-state index in [-0.39, 0.29) is 0 Å². The van der Waals surface area contributed by atoms with Crippen molar-refractivity contribution < 1.29 is 19.7 Å². The highest BCUT2D eigenvalue weighted by Crippen LogP contribution is 2.23. The van der Waals surface area contributed by atoms with Crippen LogP contribution in [-0.2, 0) is 12.8 Å². The van der Waals surface area contributed by atoms with Crippen molar-refractivity contribution in [2.24, 2.45) is 11.5 Å². The number of hydrogen-bond acceptors (Lipinski definition) is 2. The van der Waals surface area contributed by atoms with Crippen LogP contribution in [0, 0.1) is 0 Å². The fraction of sp³-hybridized carbons (Fsp3) is 0.333. The first-order valence-corrected chi connectivity index (χ1v) is 11.8. The number of rotatable bonds is 12. The van der Waals surface area contributed by atoms with Crippen molar-refractivity contribution in [1.82, 2.24) is 0 Å². The second-order valence-electron chi connectivity index (χ2n) is 8.82. The molecule has 0 unspecified atom stereocenters. The summed E-state index contributed by atoms with van der Waals surface area (Å²) in [7, 11) is 0. The smallest absolute Gasteiger partial charge is 0.270 e. The van der Waals surface area contributed by atoms with Crippen molar-refractivity contribution in [3.05, 3.63) is 71.2 Å². The van der Waals surface area contributed by atoms with E-state index in [1.165, 1.54) is 32.1 Å². The van der Waals surface area contributed by atoms with E-state index < -0.39 is 0 Å². The van der Waals surface area contributed by atoms with E-state index in [1.807, 2.05) is 36.4 Å². The van der Waals surface area contributed by atoms with Gasteiger partial charge in [-0.3, -0.25) is 22.3 Å². The Morgan fingerprint density at radius 2 is 0.970 bits per heavy atom. The fourth-order valence-corrected chi connectivity index (χ4v) is 4.28. The van der Waals surface area contributed by atoms with Gasteiger partial charge >= 0.3 is 0 Å². The van der Waals surface area contributed by atoms with E-state index in [1.54, 1.807) is 0 Å². The number of fused-ring (bicyclic) bond motifs is 2. The third kappa shape index (κ3) is 5.83. The molecule has 0 aliphatic rings. The van der Waals surface area contributed by atoms with Gasteiger partial charge in [0.25, 0.3) is 11.7 Å². The van der Waals surface area contributed by atoms with Crippen LogP contribution in [-0.4, -0.2) is 11.7 Å². The SMILES string of the molecule is NC(=[NH2+])c1ccc2oc(CCCCCCCCCc3cc4cc(C(N)=[NH2+])ccc4o3)cc2c1. The Labute approximate surface area is 194 Å². The van der Waals surface area contributed by atoms with Crippen molar-refractivity contribution in [1.29, 1.82) is 0 Å². The molecule has 8 N–H and O–H groups in total. The Bertz CT molecular complexity index is 1170. The van der Waals surface area contributed by atoms with Crippen LogP contribution in [0.2, 0.25) is 0 Å². The van der Waals surface area contributed by atoms with Gasteiger partial charge in [0.05, 0.1) is 11.1 Å². The number of furan rings is 2. The maximum Gasteiger partial charge on any atom is 0.270 e. The average Bonchev–Trinajstić information content (AvgIpc) is 3.39. The maximum atomic E-state index is 5.93. The van der Waals surface area contributed by atoms with Gasteiger partial charge in [0.15, 0.2) is 0 Å². The van der Waals surface area contributed by atoms with Gasteiger partial charge in [0.1, 0.15) is 22.7 Å². The molecule has 0 saturated carbocycles. The van der Waals surface area contributed by atoms with Gasteiger partial charge in [-0.05, 0) is 61.4 Å². The summed E-state index contributed by atoms with van der Waals surface area (Å²) in [5, 5.41) is 13.5. The summed E-state index contributed by atoms with van der Waals surface area (Å²) in [6, 6.07) is 15.8. The topological polar surface area (TPSA) is 130 Å². The van der Waals surface area contributed by atoms with Gasteiger partial charge < -0.3 is 8.83 Å². The van der Waals surface area contributed by atoms with E-state index in [0.717, 1.165) is 70.3 Å². The number of unbranched alkanes of at least 4 members (excludes halogenated alkanes) is 6. The lowest BCUT2D eigenvalue weighted by molar-refractivity contribution is -0.115. The number of amidine groups is 2. The minimum atomic E-state index is 0.336. The summed E-state index contributed by atoms with van der Waals surface area (Å²) in [6.45, 7) is 0. The molecule has 0 fully saturated rings. The molecule has 0 amide bonds. The summed E-state index contributed by atoms with van der Waals surface area (Å²) >= 11 is 0. The Morgan fingerprint density at radius 3 is 1.36 bits per heavy atom. The normalized spacial score (nSPS) is 11.4. The molecule has 2 aromatic heterocycles. The molecule has 0 bridgehead atoms. The molecule has 0 saturated heterocycles. The molecule has 6 nitrogen and oxygen atoms in total. The fourth-order valence-electron chi connectivity index (χ4n) is 4.28. The Kier molecular flexibility index (Phi) is 7.13. The van der Waals surface area contributed by atoms with Gasteiger partial charge in [-0.25, -0.2) is 0 Å². The molecule has 0 aliphatic heterocycles. The highest BCUT2D eigenvalue weighted by molar-refractivity contribution is 5.97. The third-order valence-electron chi connectivity index (χ3n) is 6.15. The largest absolute Gasteiger partial charge is 0.461 e. The van der Waals surface area contributed by atoms with Crippen LogP contribution < -0.4 is 22.3 Å². The van der Waals surface area contributed by atoms with E-state index in [9.17, 15) is 0 Å². The molecule has 4 rings (SSSR count). The second kappa shape index (κ2) is 10.4. The van der Waals surface area contributed by atoms with Crippen molar-refractivity contribution in [2.75, 3.05) is 0 Å². The molecule has 0 aliphatic carbocycles. The van der Waals surface area contributed by atoms with Gasteiger partial charge in [-0.2, -0.15) is 0 Å². The monoisotopic (exact) mass is 446 g/mol. The van der Waals surface area contributed by atoms with E-state index in [0.29, 0.717) is 11.7 Å². The van der Waals surface area contributed by atoms with Crippen LogP contribution >= 0.6 is 0 Å². The first kappa shape index (κ1) is 22.6. The van der Waals surface area contributed by atoms with E-state index in [4.69, 9.17) is 31.1 Å². The lowest BCUT2D eigenvalue weighted by Crippen LogP contribution is -2.46. The van der Waals surface area contributed by atoms with Crippen molar-refractivity contribution >= 4 is 33.6 Å². The summed E-state index contributed by atoms with van der Waals surface area (Å²) in [4.78, 5) is 0. The zero-order valence-electron chi connectivity index (χ0n) is 19.1. The van der Waals surface area contributed by atoms with Crippen LogP contribution in [0.15, 0.2) is 57.4 Å². The average molecular weight is 447 g/mol. The predicted octanol–water partition coefficient (Wildman–Crippen LogP) is 2.62. The van der Waals surface area contributed by atoms with Crippen LogP contribution in [0.4, 0.5) is 0 Å². The summed E-state index contributed by atoms with van der Waals surface area (Å²) in [5.74, 6) is 2.73. The second-order valence-corrected chi connectivity index (χ2v) is 8.82. The molecule has 0 spiro atoms. The minimum Gasteiger partial charge on any atom is -0.461 e. The van der Waals surface area contributed by atoms with Crippen molar-refractivity contribution in [3.8, 4) is 0 Å². The first-order chi connectivity index (χ1) is 16.0. The number of benzene rings is 2. The van der Waals surface area contributed by atoms with Gasteiger partial charge in [-0.1, -0.05) is 32.1 Å². The van der Waals surface area contributed by atoms with Crippen molar-refractivity contribution in [2.45, 2.75) is 57.8 Å². The first-order valence-electron chi connectivity index (χ1n) is 11.8. The van der Waals surface area contributed by atoms with E-state index >= 15 is 0 Å². The quantitative estimate of drug-likeness (QED) is 0.151. The zero-order chi connectivity index (χ0) is 23.2. The molecule has 6 heteroatoms. The molecular weight excluding hydrogens is 412 g/mol. The van der Waals surface area contributed by atoms with E-state index in [2.05, 4.69) is 12.1 Å². The number of hydrogen-bond donors (Lipinski definition) is 4. The molecule has 172 valence electrons. The molecule has 0 radical (unpaired) electrons. The molecule has 4 aromatic rings. The standard InChI is InChI=1S/C27H32N4O2/c28-26(29)18-10-12-24-20(14-18)16-22(32-24)8-6-4-2-1-3-5-7-9-23-17-21-15-19(27(30)31)11-13-25(21)33-23/h10-17H,1-9H2,(H3,28,29)(H3,30,31)/p+2. The predicted molar refractivity (Wildman–Crippen MR) is 133 cm³/mol. The van der Waals surface area contributed by atoms with Gasteiger partial charge in [0.2, 0.25) is 0 Å². The van der Waals surface area contributed by atoms with Crippen LogP contribution in [0.5, 0.6) is 0 Å². The van der Waals surface area contributed by atoms with Crippen LogP contribution in [0.3, 0.4) is 0 Å². The van der Waals surface area contributed by atoms with Crippen LogP contribution in [0.1, 0.15) is 67.6 Å². The minimum absolute atomic E-state index is 0.336. The molecule has 33 heavy (non-hydrogen) atoms. The van der Waals surface area contributed by atoms with Crippen molar-refractivity contribution in [3.63, 3.8) is 0 Å². The van der Waals surface area contributed by atoms with Gasteiger partial charge in [-0.15, -0.1) is 0 Å². The lowest BCUT2D eigenvalue weighted by atomic mass is 10.1. The Hall–Kier alpha value is -3.54. The van der Waals surface area contributed by atoms with Gasteiger partial charge in [0, 0.05) is 23.6 Å². The highest BCUT2D eigenvalue weighted by Gasteiger charge is 2.09. The molecule has 0 atom stereocenters. The summed E-state index contributed by atoms with van der Waals surface area (Å²) in [5.41, 5.74) is 14.8. The number of nitrogens with two attached hydrogens (primary N) is 4. The molecular formula is C27H34N4O2+2. The summed E-state index contributed by atoms with van der Waals surface area (Å²) < 4.78 is 11.9. The number of aryl methyl sites for hydroxylation is 2. The van der Waals surface area contributed by atoms with Crippen LogP contribution in [0.25, 0.3) is 21.9 Å². The molecule has 2 heterocycles.